The fraction of sp³-hybridized carbons (Fsp3) is 0.385. The fourth-order valence-electron chi connectivity index (χ4n) is 2.01. The Balaban J connectivity index is 1.70. The van der Waals surface area contributed by atoms with Crippen molar-refractivity contribution in [3.8, 4) is 0 Å². The van der Waals surface area contributed by atoms with Crippen molar-refractivity contribution < 1.29 is 9.90 Å². The van der Waals surface area contributed by atoms with Gasteiger partial charge in [0, 0.05) is 5.75 Å². The molecule has 1 aromatic carbocycles. The fourth-order valence-corrected chi connectivity index (χ4v) is 3.10. The number of carboxylic acids is 1. The molecule has 0 amide bonds. The number of rotatable bonds is 5. The van der Waals surface area contributed by atoms with Gasteiger partial charge >= 0.3 is 5.97 Å². The van der Waals surface area contributed by atoms with Gasteiger partial charge in [0.15, 0.2) is 0 Å². The van der Waals surface area contributed by atoms with Crippen molar-refractivity contribution in [2.24, 2.45) is 5.41 Å². The number of para-hydroxylation sites is 1. The molecule has 0 atom stereocenters. The molecule has 5 nitrogen and oxygen atoms in total. The van der Waals surface area contributed by atoms with Gasteiger partial charge < -0.3 is 5.11 Å². The van der Waals surface area contributed by atoms with E-state index in [1.807, 2.05) is 24.3 Å². The third-order valence-corrected chi connectivity index (χ3v) is 4.52. The summed E-state index contributed by atoms with van der Waals surface area (Å²) < 4.78 is 0. The second-order valence-electron chi connectivity index (χ2n) is 4.94. The van der Waals surface area contributed by atoms with Crippen LogP contribution in [0.3, 0.4) is 0 Å². The molecule has 0 saturated heterocycles. The highest BCUT2D eigenvalue weighted by Gasteiger charge is 2.44. The molecule has 1 aromatic heterocycles. The smallest absolute Gasteiger partial charge is 0.303 e. The largest absolute Gasteiger partial charge is 0.481 e. The Hall–Kier alpha value is -1.69. The van der Waals surface area contributed by atoms with Gasteiger partial charge in [0.05, 0.1) is 11.9 Å². The summed E-state index contributed by atoms with van der Waals surface area (Å²) in [6.45, 7) is 0. The third kappa shape index (κ3) is 2.84. The number of aliphatic carboxylic acids is 1. The summed E-state index contributed by atoms with van der Waals surface area (Å²) >= 11 is 1.50. The second-order valence-corrected chi connectivity index (χ2v) is 5.88. The summed E-state index contributed by atoms with van der Waals surface area (Å²) in [6.07, 6.45) is 2.20. The maximum absolute atomic E-state index is 10.8. The van der Waals surface area contributed by atoms with Crippen LogP contribution in [-0.2, 0) is 4.79 Å². The predicted molar refractivity (Wildman–Crippen MR) is 72.0 cm³/mol. The first-order valence-electron chi connectivity index (χ1n) is 6.11. The van der Waals surface area contributed by atoms with Gasteiger partial charge in [0.2, 0.25) is 5.16 Å². The lowest BCUT2D eigenvalue weighted by atomic mass is 10.1. The highest BCUT2D eigenvalue weighted by atomic mass is 32.2. The minimum absolute atomic E-state index is 0.0501. The van der Waals surface area contributed by atoms with Crippen molar-refractivity contribution in [2.45, 2.75) is 24.4 Å². The lowest BCUT2D eigenvalue weighted by Gasteiger charge is -2.10. The van der Waals surface area contributed by atoms with Crippen LogP contribution in [-0.4, -0.2) is 32.0 Å². The molecule has 0 radical (unpaired) electrons. The number of thioether (sulfide) groups is 1. The molecule has 0 bridgehead atoms. The van der Waals surface area contributed by atoms with Gasteiger partial charge in [-0.2, -0.15) is 0 Å². The van der Waals surface area contributed by atoms with Gasteiger partial charge in [-0.05, 0) is 30.4 Å². The zero-order chi connectivity index (χ0) is 13.3. The molecule has 0 spiro atoms. The zero-order valence-corrected chi connectivity index (χ0v) is 11.1. The van der Waals surface area contributed by atoms with E-state index >= 15 is 0 Å². The van der Waals surface area contributed by atoms with Crippen LogP contribution in [0.5, 0.6) is 0 Å². The number of hydrogen-bond donors (Lipinski definition) is 1. The molecule has 6 heteroatoms. The van der Waals surface area contributed by atoms with Crippen molar-refractivity contribution in [3.05, 3.63) is 24.3 Å². The van der Waals surface area contributed by atoms with Gasteiger partial charge in [-0.3, -0.25) is 4.79 Å². The number of carbonyl (C=O) groups is 1. The van der Waals surface area contributed by atoms with Gasteiger partial charge in [0.1, 0.15) is 5.52 Å². The molecule has 19 heavy (non-hydrogen) atoms. The van der Waals surface area contributed by atoms with E-state index in [0.29, 0.717) is 5.16 Å². The van der Waals surface area contributed by atoms with E-state index in [1.54, 1.807) is 0 Å². The number of aromatic nitrogens is 3. The van der Waals surface area contributed by atoms with Crippen molar-refractivity contribution in [2.75, 3.05) is 5.75 Å². The van der Waals surface area contributed by atoms with Gasteiger partial charge in [-0.1, -0.05) is 23.9 Å². The average Bonchev–Trinajstić information content (AvgIpc) is 3.15. The average molecular weight is 275 g/mol. The topological polar surface area (TPSA) is 76.0 Å². The quantitative estimate of drug-likeness (QED) is 0.844. The minimum Gasteiger partial charge on any atom is -0.481 e. The Kier molecular flexibility index (Phi) is 3.10. The maximum Gasteiger partial charge on any atom is 0.303 e. The second kappa shape index (κ2) is 4.77. The van der Waals surface area contributed by atoms with E-state index in [0.717, 1.165) is 29.6 Å². The molecule has 0 unspecified atom stereocenters. The first-order chi connectivity index (χ1) is 9.17. The summed E-state index contributed by atoms with van der Waals surface area (Å²) in [6, 6.07) is 7.59. The Morgan fingerprint density at radius 1 is 1.26 bits per heavy atom. The molecule has 0 aliphatic heterocycles. The molecule has 3 rings (SSSR count). The number of carboxylic acid groups (broad SMARTS) is 1. The maximum atomic E-state index is 10.8. The minimum atomic E-state index is -0.726. The van der Waals surface area contributed by atoms with Crippen LogP contribution in [0.15, 0.2) is 29.4 Å². The van der Waals surface area contributed by atoms with Gasteiger partial charge in [-0.15, -0.1) is 10.2 Å². The Labute approximate surface area is 114 Å². The van der Waals surface area contributed by atoms with E-state index in [2.05, 4.69) is 15.2 Å². The SMILES string of the molecule is O=C(O)CC1(CSc2nnc3ccccc3n2)CC1. The molecule has 1 N–H and O–H groups in total. The monoisotopic (exact) mass is 275 g/mol. The van der Waals surface area contributed by atoms with Crippen LogP contribution in [0, 0.1) is 5.41 Å². The normalized spacial score (nSPS) is 16.4. The highest BCUT2D eigenvalue weighted by Crippen LogP contribution is 2.51. The molecule has 1 fully saturated rings. The van der Waals surface area contributed by atoms with E-state index in [-0.39, 0.29) is 11.8 Å². The molecule has 1 saturated carbocycles. The number of hydrogen-bond acceptors (Lipinski definition) is 5. The van der Waals surface area contributed by atoms with Crippen LogP contribution in [0.25, 0.3) is 11.0 Å². The molecule has 1 heterocycles. The summed E-state index contributed by atoms with van der Waals surface area (Å²) in [5.41, 5.74) is 1.55. The van der Waals surface area contributed by atoms with Crippen LogP contribution < -0.4 is 0 Å². The zero-order valence-electron chi connectivity index (χ0n) is 10.2. The number of fused-ring (bicyclic) bond motifs is 1. The standard InChI is InChI=1S/C13H13N3O2S/c17-11(18)7-13(5-6-13)8-19-12-14-9-3-1-2-4-10(9)15-16-12/h1-4H,5-8H2,(H,17,18). The van der Waals surface area contributed by atoms with Gasteiger partial charge in [-0.25, -0.2) is 4.98 Å². The Morgan fingerprint density at radius 2 is 2.00 bits per heavy atom. The number of benzene rings is 1. The van der Waals surface area contributed by atoms with Crippen LogP contribution in [0.2, 0.25) is 0 Å². The van der Waals surface area contributed by atoms with Crippen molar-refractivity contribution in [1.29, 1.82) is 0 Å². The van der Waals surface area contributed by atoms with Crippen LogP contribution >= 0.6 is 11.8 Å². The summed E-state index contributed by atoms with van der Waals surface area (Å²) in [5.74, 6) is 0.0231. The van der Waals surface area contributed by atoms with E-state index in [1.165, 1.54) is 11.8 Å². The molecular formula is C13H13N3O2S. The lowest BCUT2D eigenvalue weighted by Crippen LogP contribution is -2.11. The highest BCUT2D eigenvalue weighted by molar-refractivity contribution is 7.99. The van der Waals surface area contributed by atoms with Gasteiger partial charge in [0.25, 0.3) is 0 Å². The van der Waals surface area contributed by atoms with Crippen molar-refractivity contribution in [3.63, 3.8) is 0 Å². The summed E-state index contributed by atoms with van der Waals surface area (Å²) in [7, 11) is 0. The Bertz CT molecular complexity index is 628. The van der Waals surface area contributed by atoms with Crippen LogP contribution in [0.1, 0.15) is 19.3 Å². The molecule has 1 aliphatic carbocycles. The predicted octanol–water partition coefficient (Wildman–Crippen LogP) is 2.37. The van der Waals surface area contributed by atoms with E-state index in [9.17, 15) is 4.79 Å². The first kappa shape index (κ1) is 12.3. The molecular weight excluding hydrogens is 262 g/mol. The third-order valence-electron chi connectivity index (χ3n) is 3.33. The Morgan fingerprint density at radius 3 is 2.68 bits per heavy atom. The molecule has 1 aliphatic rings. The van der Waals surface area contributed by atoms with Crippen molar-refractivity contribution in [1.82, 2.24) is 15.2 Å². The summed E-state index contributed by atoms with van der Waals surface area (Å²) in [4.78, 5) is 15.2. The summed E-state index contributed by atoms with van der Waals surface area (Å²) in [5, 5.41) is 17.7. The number of nitrogens with zero attached hydrogens (tertiary/aromatic N) is 3. The molecule has 2 aromatic rings. The lowest BCUT2D eigenvalue weighted by molar-refractivity contribution is -0.138. The molecule has 98 valence electrons. The van der Waals surface area contributed by atoms with Crippen LogP contribution in [0.4, 0.5) is 0 Å². The first-order valence-corrected chi connectivity index (χ1v) is 7.10. The van der Waals surface area contributed by atoms with E-state index < -0.39 is 5.97 Å². The van der Waals surface area contributed by atoms with E-state index in [4.69, 9.17) is 5.11 Å². The van der Waals surface area contributed by atoms with Crippen molar-refractivity contribution >= 4 is 28.8 Å².